The number of carbonyl (C=O) groups is 1. The first-order valence-corrected chi connectivity index (χ1v) is 8.64. The molecule has 0 spiro atoms. The number of nitrogens with zero attached hydrogens (tertiary/aromatic N) is 1. The lowest BCUT2D eigenvalue weighted by molar-refractivity contribution is 0.221. The van der Waals surface area contributed by atoms with Crippen LogP contribution in [0.2, 0.25) is 0 Å². The summed E-state index contributed by atoms with van der Waals surface area (Å²) < 4.78 is 5.36. The highest BCUT2D eigenvalue weighted by Crippen LogP contribution is 2.30. The molecule has 0 aliphatic heterocycles. The number of halogens is 1. The minimum atomic E-state index is -0.908. The zero-order valence-electron chi connectivity index (χ0n) is 14.3. The molecule has 0 fully saturated rings. The van der Waals surface area contributed by atoms with Gasteiger partial charge in [-0.05, 0) is 29.7 Å². The molecule has 0 aliphatic rings. The highest BCUT2D eigenvalue weighted by atomic mass is 35.5. The summed E-state index contributed by atoms with van der Waals surface area (Å²) in [6.07, 6.45) is 0. The molecule has 0 saturated heterocycles. The van der Waals surface area contributed by atoms with Crippen molar-refractivity contribution >= 4 is 28.6 Å². The highest BCUT2D eigenvalue weighted by molar-refractivity contribution is 6.62. The molecule has 0 aliphatic carbocycles. The normalized spacial score (nSPS) is 11.4. The van der Waals surface area contributed by atoms with Crippen LogP contribution in [0.1, 0.15) is 22.6 Å². The third-order valence-electron chi connectivity index (χ3n) is 4.04. The molecule has 3 aromatic carbocycles. The van der Waals surface area contributed by atoms with Gasteiger partial charge in [-0.3, -0.25) is 0 Å². The Bertz CT molecular complexity index is 868. The average Bonchev–Trinajstić information content (AvgIpc) is 2.65. The third-order valence-corrected chi connectivity index (χ3v) is 4.12. The van der Waals surface area contributed by atoms with Crippen LogP contribution >= 0.6 is 11.6 Å². The zero-order valence-corrected chi connectivity index (χ0v) is 15.1. The van der Waals surface area contributed by atoms with Crippen molar-refractivity contribution in [3.8, 4) is 0 Å². The molecule has 3 nitrogen and oxygen atoms in total. The van der Waals surface area contributed by atoms with Gasteiger partial charge in [0.1, 0.15) is 0 Å². The number of rotatable bonds is 4. The van der Waals surface area contributed by atoms with Crippen LogP contribution in [-0.2, 0) is 4.74 Å². The van der Waals surface area contributed by atoms with Gasteiger partial charge in [0.25, 0.3) is 0 Å². The van der Waals surface area contributed by atoms with Gasteiger partial charge in [-0.2, -0.15) is 0 Å². The predicted octanol–water partition coefficient (Wildman–Crippen LogP) is 6.23. The Morgan fingerprint density at radius 2 is 1.35 bits per heavy atom. The van der Waals surface area contributed by atoms with E-state index in [2.05, 4.69) is 4.99 Å². The van der Waals surface area contributed by atoms with Crippen molar-refractivity contribution in [3.05, 3.63) is 102 Å². The fraction of sp³-hybridized carbons (Fsp3) is 0.0909. The van der Waals surface area contributed by atoms with Crippen LogP contribution in [0.5, 0.6) is 0 Å². The number of hydrogen-bond donors (Lipinski definition) is 0. The summed E-state index contributed by atoms with van der Waals surface area (Å²) in [5.41, 5.74) is 2.73. The van der Waals surface area contributed by atoms with Gasteiger partial charge < -0.3 is 4.74 Å². The molecule has 0 radical (unpaired) electrons. The summed E-state index contributed by atoms with van der Waals surface area (Å²) in [7, 11) is 0. The lowest BCUT2D eigenvalue weighted by Gasteiger charge is -2.19. The van der Waals surface area contributed by atoms with Crippen molar-refractivity contribution in [2.24, 2.45) is 4.99 Å². The van der Waals surface area contributed by atoms with Crippen molar-refractivity contribution in [1.29, 1.82) is 0 Å². The number of aliphatic imine (C=N–C) groups is 1. The van der Waals surface area contributed by atoms with Gasteiger partial charge in [0.15, 0.2) is 0 Å². The molecule has 4 heteroatoms. The van der Waals surface area contributed by atoms with Crippen LogP contribution in [0, 0.1) is 6.92 Å². The molecule has 26 heavy (non-hydrogen) atoms. The molecule has 0 saturated carbocycles. The number of para-hydroxylation sites is 1. The van der Waals surface area contributed by atoms with E-state index in [0.717, 1.165) is 22.4 Å². The molecule has 0 atom stereocenters. The van der Waals surface area contributed by atoms with Gasteiger partial charge in [-0.25, -0.2) is 9.79 Å². The zero-order chi connectivity index (χ0) is 18.4. The summed E-state index contributed by atoms with van der Waals surface area (Å²) >= 11 is 5.56. The first-order valence-electron chi connectivity index (χ1n) is 8.26. The predicted molar refractivity (Wildman–Crippen MR) is 105 cm³/mol. The van der Waals surface area contributed by atoms with Crippen molar-refractivity contribution < 1.29 is 9.53 Å². The molecule has 0 N–H and O–H groups in total. The van der Waals surface area contributed by atoms with Gasteiger partial charge in [0, 0.05) is 11.6 Å². The molecule has 0 aromatic heterocycles. The molecule has 0 bridgehead atoms. The number of ether oxygens (including phenoxy) is 1. The molecular weight excluding hydrogens is 346 g/mol. The summed E-state index contributed by atoms with van der Waals surface area (Å²) in [5, 5.41) is 0. The molecule has 0 amide bonds. The van der Waals surface area contributed by atoms with Crippen LogP contribution in [0.25, 0.3) is 0 Å². The highest BCUT2D eigenvalue weighted by Gasteiger charge is 2.24. The maximum Gasteiger partial charge on any atom is 0.410 e. The van der Waals surface area contributed by atoms with Crippen LogP contribution in [-0.4, -0.2) is 11.3 Å². The van der Waals surface area contributed by atoms with Gasteiger partial charge in [-0.15, -0.1) is 0 Å². The molecule has 3 aromatic rings. The van der Waals surface area contributed by atoms with E-state index in [0.29, 0.717) is 0 Å². The Morgan fingerprint density at radius 1 is 0.846 bits per heavy atom. The topological polar surface area (TPSA) is 38.7 Å². The standard InChI is InChI=1S/C22H18ClNO2/c1-16-10-8-9-15-19(16)24-21(26-22(23)25)20(17-11-4-2-5-12-17)18-13-6-3-7-14-18/h2-15,20H,1H3. The van der Waals surface area contributed by atoms with Gasteiger partial charge in [0.2, 0.25) is 5.90 Å². The van der Waals surface area contributed by atoms with Crippen molar-refractivity contribution in [2.45, 2.75) is 12.8 Å². The van der Waals surface area contributed by atoms with E-state index in [1.807, 2.05) is 91.9 Å². The maximum atomic E-state index is 11.6. The lowest BCUT2D eigenvalue weighted by Crippen LogP contribution is -2.19. The van der Waals surface area contributed by atoms with Crippen LogP contribution in [0.15, 0.2) is 89.9 Å². The largest absolute Gasteiger partial charge is 0.410 e. The quantitative estimate of drug-likeness (QED) is 0.313. The second-order valence-corrected chi connectivity index (χ2v) is 6.14. The molecule has 0 unspecified atom stereocenters. The van der Waals surface area contributed by atoms with E-state index in [1.165, 1.54) is 0 Å². The van der Waals surface area contributed by atoms with Gasteiger partial charge in [0.05, 0.1) is 11.6 Å². The van der Waals surface area contributed by atoms with E-state index in [9.17, 15) is 4.79 Å². The molecular formula is C22H18ClNO2. The van der Waals surface area contributed by atoms with Crippen molar-refractivity contribution in [2.75, 3.05) is 0 Å². The average molecular weight is 364 g/mol. The van der Waals surface area contributed by atoms with E-state index < -0.39 is 5.43 Å². The Balaban J connectivity index is 2.16. The Hall–Kier alpha value is -2.91. The van der Waals surface area contributed by atoms with Crippen LogP contribution in [0.4, 0.5) is 10.5 Å². The van der Waals surface area contributed by atoms with Crippen molar-refractivity contribution in [3.63, 3.8) is 0 Å². The second kappa shape index (κ2) is 8.45. The summed E-state index contributed by atoms with van der Waals surface area (Å²) in [4.78, 5) is 16.2. The van der Waals surface area contributed by atoms with Crippen molar-refractivity contribution in [1.82, 2.24) is 0 Å². The second-order valence-electron chi connectivity index (χ2n) is 5.83. The fourth-order valence-electron chi connectivity index (χ4n) is 2.80. The van der Waals surface area contributed by atoms with Gasteiger partial charge in [-0.1, -0.05) is 78.9 Å². The summed E-state index contributed by atoms with van der Waals surface area (Å²) in [6.45, 7) is 1.96. The lowest BCUT2D eigenvalue weighted by atomic mass is 9.91. The van der Waals surface area contributed by atoms with E-state index in [1.54, 1.807) is 0 Å². The van der Waals surface area contributed by atoms with Gasteiger partial charge >= 0.3 is 5.43 Å². The number of carbonyl (C=O) groups excluding carboxylic acids is 1. The summed E-state index contributed by atoms with van der Waals surface area (Å²) in [6, 6.07) is 27.2. The third kappa shape index (κ3) is 4.38. The SMILES string of the molecule is Cc1ccccc1N=C(OC(=O)Cl)C(c1ccccc1)c1ccccc1. The Kier molecular flexibility index (Phi) is 5.82. The van der Waals surface area contributed by atoms with Crippen LogP contribution in [0.3, 0.4) is 0 Å². The number of aryl methyl sites for hydroxylation is 1. The molecule has 0 heterocycles. The minimum absolute atomic E-state index is 0.247. The smallest absolute Gasteiger partial charge is 0.398 e. The maximum absolute atomic E-state index is 11.6. The van der Waals surface area contributed by atoms with E-state index >= 15 is 0 Å². The number of benzene rings is 3. The van der Waals surface area contributed by atoms with E-state index in [4.69, 9.17) is 16.3 Å². The fourth-order valence-corrected chi connectivity index (χ4v) is 2.88. The first kappa shape index (κ1) is 17.9. The Labute approximate surface area is 157 Å². The monoisotopic (exact) mass is 363 g/mol. The summed E-state index contributed by atoms with van der Waals surface area (Å²) in [5.74, 6) is -0.101. The first-order chi connectivity index (χ1) is 12.6. The number of hydrogen-bond acceptors (Lipinski definition) is 3. The van der Waals surface area contributed by atoms with Crippen LogP contribution < -0.4 is 0 Å². The minimum Gasteiger partial charge on any atom is -0.398 e. The molecule has 130 valence electrons. The molecule has 3 rings (SSSR count). The Morgan fingerprint density at radius 3 is 1.85 bits per heavy atom. The van der Waals surface area contributed by atoms with E-state index in [-0.39, 0.29) is 11.8 Å².